The Bertz CT molecular complexity index is 366. The summed E-state index contributed by atoms with van der Waals surface area (Å²) in [5, 5.41) is 0. The first-order chi connectivity index (χ1) is 7.35. The van der Waals surface area contributed by atoms with Crippen molar-refractivity contribution in [2.24, 2.45) is 0 Å². The van der Waals surface area contributed by atoms with Gasteiger partial charge in [-0.05, 0) is 49.4 Å². The van der Waals surface area contributed by atoms with Gasteiger partial charge in [-0.15, -0.1) is 0 Å². The highest BCUT2D eigenvalue weighted by molar-refractivity contribution is 5.40. The van der Waals surface area contributed by atoms with Crippen LogP contribution in [-0.2, 0) is 6.42 Å². The molecule has 1 nitrogen and oxygen atoms in total. The van der Waals surface area contributed by atoms with Crippen molar-refractivity contribution in [1.29, 1.82) is 0 Å². The number of ether oxygens (including phenoxy) is 1. The van der Waals surface area contributed by atoms with Crippen LogP contribution >= 0.6 is 0 Å². The average Bonchev–Trinajstić information content (AvgIpc) is 2.29. The number of fused-ring (bicyclic) bond motifs is 1. The van der Waals surface area contributed by atoms with Gasteiger partial charge in [0.15, 0.2) is 0 Å². The van der Waals surface area contributed by atoms with E-state index >= 15 is 0 Å². The first kappa shape index (κ1) is 10.3. The number of aryl methyl sites for hydroxylation is 1. The van der Waals surface area contributed by atoms with Crippen LogP contribution in [0, 0.1) is 0 Å². The molecule has 1 aromatic carbocycles. The summed E-state index contributed by atoms with van der Waals surface area (Å²) < 4.78 is 5.26. The van der Waals surface area contributed by atoms with Crippen molar-refractivity contribution in [2.75, 3.05) is 7.11 Å². The van der Waals surface area contributed by atoms with E-state index < -0.39 is 0 Å². The van der Waals surface area contributed by atoms with Crippen LogP contribution < -0.4 is 4.74 Å². The minimum absolute atomic E-state index is 0.615. The number of benzene rings is 1. The molecule has 15 heavy (non-hydrogen) atoms. The largest absolute Gasteiger partial charge is 0.497 e. The fraction of sp³-hybridized carbons (Fsp3) is 0.429. The van der Waals surface area contributed by atoms with Crippen molar-refractivity contribution in [3.05, 3.63) is 41.5 Å². The molecule has 1 atom stereocenters. The number of hydrogen-bond acceptors (Lipinski definition) is 1. The van der Waals surface area contributed by atoms with Crippen molar-refractivity contribution in [3.63, 3.8) is 0 Å². The molecule has 0 amide bonds. The van der Waals surface area contributed by atoms with Gasteiger partial charge in [-0.1, -0.05) is 18.2 Å². The number of allylic oxidation sites excluding steroid dienone is 2. The van der Waals surface area contributed by atoms with Gasteiger partial charge in [-0.25, -0.2) is 0 Å². The summed E-state index contributed by atoms with van der Waals surface area (Å²) in [5.41, 5.74) is 2.95. The molecule has 0 saturated carbocycles. The van der Waals surface area contributed by atoms with Gasteiger partial charge in [0.1, 0.15) is 5.75 Å². The Labute approximate surface area is 91.8 Å². The Balaban J connectivity index is 2.36. The third kappa shape index (κ3) is 2.06. The Kier molecular flexibility index (Phi) is 3.10. The molecule has 1 unspecified atom stereocenters. The van der Waals surface area contributed by atoms with Crippen LogP contribution in [0.2, 0.25) is 0 Å². The first-order valence-corrected chi connectivity index (χ1v) is 5.64. The van der Waals surface area contributed by atoms with Crippen LogP contribution in [0.4, 0.5) is 0 Å². The van der Waals surface area contributed by atoms with E-state index in [1.54, 1.807) is 7.11 Å². The van der Waals surface area contributed by atoms with Crippen LogP contribution in [0.1, 0.15) is 36.8 Å². The van der Waals surface area contributed by atoms with E-state index in [1.807, 2.05) is 0 Å². The Hall–Kier alpha value is -1.24. The number of methoxy groups -OCH3 is 1. The predicted molar refractivity (Wildman–Crippen MR) is 63.5 cm³/mol. The number of hydrogen-bond donors (Lipinski definition) is 0. The third-order valence-corrected chi connectivity index (χ3v) is 3.14. The van der Waals surface area contributed by atoms with Crippen molar-refractivity contribution in [3.8, 4) is 5.75 Å². The molecule has 0 radical (unpaired) electrons. The molecule has 1 heteroatoms. The lowest BCUT2D eigenvalue weighted by atomic mass is 9.82. The van der Waals surface area contributed by atoms with Crippen molar-refractivity contribution in [2.45, 2.75) is 32.1 Å². The maximum atomic E-state index is 5.26. The van der Waals surface area contributed by atoms with Gasteiger partial charge < -0.3 is 4.74 Å². The van der Waals surface area contributed by atoms with E-state index in [9.17, 15) is 0 Å². The van der Waals surface area contributed by atoms with Gasteiger partial charge in [-0.3, -0.25) is 0 Å². The normalized spacial score (nSPS) is 20.3. The average molecular weight is 202 g/mol. The zero-order valence-corrected chi connectivity index (χ0v) is 9.49. The minimum Gasteiger partial charge on any atom is -0.497 e. The second-order valence-electron chi connectivity index (χ2n) is 4.09. The molecule has 1 aliphatic carbocycles. The van der Waals surface area contributed by atoms with E-state index in [0.29, 0.717) is 5.92 Å². The summed E-state index contributed by atoms with van der Waals surface area (Å²) in [6.45, 7) is 2.10. The second-order valence-corrected chi connectivity index (χ2v) is 4.09. The molecule has 0 bridgehead atoms. The summed E-state index contributed by atoms with van der Waals surface area (Å²) in [6, 6.07) is 6.48. The molecule has 1 aliphatic rings. The van der Waals surface area contributed by atoms with Crippen LogP contribution in [0.5, 0.6) is 5.75 Å². The van der Waals surface area contributed by atoms with Crippen molar-refractivity contribution < 1.29 is 4.74 Å². The van der Waals surface area contributed by atoms with Gasteiger partial charge in [0.05, 0.1) is 7.11 Å². The van der Waals surface area contributed by atoms with Crippen molar-refractivity contribution in [1.82, 2.24) is 0 Å². The monoisotopic (exact) mass is 202 g/mol. The Morgan fingerprint density at radius 1 is 1.40 bits per heavy atom. The maximum absolute atomic E-state index is 5.26. The molecule has 0 N–H and O–H groups in total. The van der Waals surface area contributed by atoms with Gasteiger partial charge in [0.25, 0.3) is 0 Å². The highest BCUT2D eigenvalue weighted by atomic mass is 16.5. The van der Waals surface area contributed by atoms with E-state index in [0.717, 1.165) is 5.75 Å². The second kappa shape index (κ2) is 4.52. The standard InChI is InChI=1S/C14H18O/c1-3-5-11-6-4-7-12-10-13(15-2)8-9-14(11)12/h3,5,8-11H,4,6-7H2,1-2H3/b5-3+. The Morgan fingerprint density at radius 2 is 2.27 bits per heavy atom. The van der Waals surface area contributed by atoms with E-state index in [2.05, 4.69) is 37.3 Å². The fourth-order valence-electron chi connectivity index (χ4n) is 2.39. The van der Waals surface area contributed by atoms with Crippen LogP contribution in [-0.4, -0.2) is 7.11 Å². The highest BCUT2D eigenvalue weighted by Gasteiger charge is 2.17. The molecule has 0 saturated heterocycles. The number of rotatable bonds is 2. The van der Waals surface area contributed by atoms with Crippen LogP contribution in [0.3, 0.4) is 0 Å². The lowest BCUT2D eigenvalue weighted by Crippen LogP contribution is -2.07. The zero-order chi connectivity index (χ0) is 10.7. The molecule has 0 fully saturated rings. The quantitative estimate of drug-likeness (QED) is 0.664. The smallest absolute Gasteiger partial charge is 0.119 e. The van der Waals surface area contributed by atoms with Crippen LogP contribution in [0.15, 0.2) is 30.4 Å². The van der Waals surface area contributed by atoms with Gasteiger partial charge in [-0.2, -0.15) is 0 Å². The molecular weight excluding hydrogens is 184 g/mol. The predicted octanol–water partition coefficient (Wildman–Crippen LogP) is 3.69. The minimum atomic E-state index is 0.615. The summed E-state index contributed by atoms with van der Waals surface area (Å²) >= 11 is 0. The third-order valence-electron chi connectivity index (χ3n) is 3.14. The zero-order valence-electron chi connectivity index (χ0n) is 9.49. The maximum Gasteiger partial charge on any atom is 0.119 e. The van der Waals surface area contributed by atoms with E-state index in [-0.39, 0.29) is 0 Å². The van der Waals surface area contributed by atoms with Gasteiger partial charge in [0.2, 0.25) is 0 Å². The summed E-state index contributed by atoms with van der Waals surface area (Å²) in [7, 11) is 1.73. The molecular formula is C14H18O. The molecule has 2 rings (SSSR count). The highest BCUT2D eigenvalue weighted by Crippen LogP contribution is 2.34. The van der Waals surface area contributed by atoms with E-state index in [1.165, 1.54) is 30.4 Å². The lowest BCUT2D eigenvalue weighted by Gasteiger charge is -2.23. The Morgan fingerprint density at radius 3 is 3.00 bits per heavy atom. The van der Waals surface area contributed by atoms with Gasteiger partial charge >= 0.3 is 0 Å². The SMILES string of the molecule is C/C=C/C1CCCc2cc(OC)ccc21. The summed E-state index contributed by atoms with van der Waals surface area (Å²) in [6.07, 6.45) is 8.23. The fourth-order valence-corrected chi connectivity index (χ4v) is 2.39. The molecule has 0 heterocycles. The van der Waals surface area contributed by atoms with Crippen molar-refractivity contribution >= 4 is 0 Å². The lowest BCUT2D eigenvalue weighted by molar-refractivity contribution is 0.413. The first-order valence-electron chi connectivity index (χ1n) is 5.64. The topological polar surface area (TPSA) is 9.23 Å². The molecule has 0 aromatic heterocycles. The molecule has 80 valence electrons. The molecule has 0 aliphatic heterocycles. The van der Waals surface area contributed by atoms with Crippen LogP contribution in [0.25, 0.3) is 0 Å². The molecule has 0 spiro atoms. The molecule has 1 aromatic rings. The summed E-state index contributed by atoms with van der Waals surface area (Å²) in [5.74, 6) is 1.60. The van der Waals surface area contributed by atoms with E-state index in [4.69, 9.17) is 4.74 Å². The van der Waals surface area contributed by atoms with Gasteiger partial charge in [0, 0.05) is 5.92 Å². The summed E-state index contributed by atoms with van der Waals surface area (Å²) in [4.78, 5) is 0.